The van der Waals surface area contributed by atoms with E-state index in [-0.39, 0.29) is 11.9 Å². The van der Waals surface area contributed by atoms with E-state index in [1.54, 1.807) is 24.2 Å². The maximum absolute atomic E-state index is 11.5. The second-order valence-corrected chi connectivity index (χ2v) is 4.02. The highest BCUT2D eigenvalue weighted by Crippen LogP contribution is 2.26. The highest BCUT2D eigenvalue weighted by molar-refractivity contribution is 5.83. The van der Waals surface area contributed by atoms with Gasteiger partial charge in [-0.3, -0.25) is 19.6 Å². The van der Waals surface area contributed by atoms with Gasteiger partial charge in [0.1, 0.15) is 6.29 Å². The van der Waals surface area contributed by atoms with Gasteiger partial charge in [0.25, 0.3) is 0 Å². The van der Waals surface area contributed by atoms with Crippen molar-refractivity contribution in [3.63, 3.8) is 0 Å². The fourth-order valence-corrected chi connectivity index (χ4v) is 2.02. The van der Waals surface area contributed by atoms with Gasteiger partial charge >= 0.3 is 0 Å². The molecule has 0 spiro atoms. The van der Waals surface area contributed by atoms with Crippen molar-refractivity contribution in [2.75, 3.05) is 12.1 Å². The molecular weight excluding hydrogens is 204 g/mol. The maximum atomic E-state index is 11.5. The number of carbonyl (C=O) groups excluding carboxylic acids is 2. The molecule has 1 aromatic carbocycles. The number of anilines is 1. The summed E-state index contributed by atoms with van der Waals surface area (Å²) in [6, 6.07) is 7.39. The first-order valence-electron chi connectivity index (χ1n) is 5.24. The molecule has 4 heteroatoms. The Morgan fingerprint density at radius 3 is 2.38 bits per heavy atom. The normalized spacial score (nSPS) is 20.4. The number of rotatable bonds is 2. The number of amides is 1. The zero-order valence-corrected chi connectivity index (χ0v) is 9.38. The van der Waals surface area contributed by atoms with Crippen LogP contribution >= 0.6 is 0 Å². The fraction of sp³-hybridized carbons (Fsp3) is 0.333. The summed E-state index contributed by atoms with van der Waals surface area (Å²) < 4.78 is 0. The second kappa shape index (κ2) is 3.96. The first-order valence-corrected chi connectivity index (χ1v) is 5.24. The van der Waals surface area contributed by atoms with Gasteiger partial charge in [-0.1, -0.05) is 0 Å². The summed E-state index contributed by atoms with van der Waals surface area (Å²) in [5.41, 5.74) is 1.58. The Hall–Kier alpha value is -1.84. The molecule has 1 amide bonds. The standard InChI is InChI=1S/C12H14N2O2/c1-9-7-12(16)13(2)14(9)11-5-3-10(8-15)4-6-11/h3-6,8-9H,7H2,1-2H3. The van der Waals surface area contributed by atoms with Gasteiger partial charge in [-0.15, -0.1) is 0 Å². The van der Waals surface area contributed by atoms with Crippen LogP contribution in [0, 0.1) is 0 Å². The molecule has 1 aliphatic heterocycles. The molecular formula is C12H14N2O2. The second-order valence-electron chi connectivity index (χ2n) is 4.02. The van der Waals surface area contributed by atoms with Crippen LogP contribution in [0.3, 0.4) is 0 Å². The van der Waals surface area contributed by atoms with Crippen LogP contribution in [-0.4, -0.2) is 30.3 Å². The number of nitrogens with zero attached hydrogens (tertiary/aromatic N) is 2. The van der Waals surface area contributed by atoms with Gasteiger partial charge in [-0.25, -0.2) is 0 Å². The topological polar surface area (TPSA) is 40.6 Å². The number of benzene rings is 1. The highest BCUT2D eigenvalue weighted by Gasteiger charge is 2.32. The van der Waals surface area contributed by atoms with Crippen LogP contribution in [0.2, 0.25) is 0 Å². The van der Waals surface area contributed by atoms with E-state index < -0.39 is 0 Å². The summed E-state index contributed by atoms with van der Waals surface area (Å²) >= 11 is 0. The number of hydrazine groups is 1. The molecule has 2 rings (SSSR count). The van der Waals surface area contributed by atoms with Gasteiger partial charge in [0, 0.05) is 12.6 Å². The van der Waals surface area contributed by atoms with Gasteiger partial charge in [0.05, 0.1) is 18.2 Å². The van der Waals surface area contributed by atoms with Gasteiger partial charge in [-0.05, 0) is 31.2 Å². The molecule has 84 valence electrons. The molecule has 1 fully saturated rings. The van der Waals surface area contributed by atoms with Crippen LogP contribution in [0.1, 0.15) is 23.7 Å². The Kier molecular flexibility index (Phi) is 2.64. The lowest BCUT2D eigenvalue weighted by molar-refractivity contribution is -0.126. The van der Waals surface area contributed by atoms with Crippen molar-refractivity contribution in [2.24, 2.45) is 0 Å². The van der Waals surface area contributed by atoms with E-state index in [1.165, 1.54) is 0 Å². The molecule has 0 radical (unpaired) electrons. The Morgan fingerprint density at radius 2 is 1.94 bits per heavy atom. The van der Waals surface area contributed by atoms with Crippen molar-refractivity contribution in [2.45, 2.75) is 19.4 Å². The van der Waals surface area contributed by atoms with Crippen LogP contribution in [-0.2, 0) is 4.79 Å². The number of aldehydes is 1. The lowest BCUT2D eigenvalue weighted by atomic mass is 10.2. The fourth-order valence-electron chi connectivity index (χ4n) is 2.02. The summed E-state index contributed by atoms with van der Waals surface area (Å²) in [6.07, 6.45) is 1.35. The molecule has 0 N–H and O–H groups in total. The smallest absolute Gasteiger partial charge is 0.242 e. The molecule has 1 aromatic rings. The molecule has 1 aliphatic rings. The average Bonchev–Trinajstić information content (AvgIpc) is 2.54. The van der Waals surface area contributed by atoms with Crippen LogP contribution in [0.5, 0.6) is 0 Å². The molecule has 4 nitrogen and oxygen atoms in total. The van der Waals surface area contributed by atoms with Crippen LogP contribution < -0.4 is 5.01 Å². The van der Waals surface area contributed by atoms with E-state index in [4.69, 9.17) is 0 Å². The minimum atomic E-state index is 0.118. The predicted octanol–water partition coefficient (Wildman–Crippen LogP) is 1.47. The molecule has 1 saturated heterocycles. The molecule has 0 aliphatic carbocycles. The molecule has 1 heterocycles. The highest BCUT2D eigenvalue weighted by atomic mass is 16.2. The third-order valence-corrected chi connectivity index (χ3v) is 2.87. The zero-order chi connectivity index (χ0) is 11.7. The Balaban J connectivity index is 2.29. The van der Waals surface area contributed by atoms with E-state index in [2.05, 4.69) is 0 Å². The predicted molar refractivity (Wildman–Crippen MR) is 61.2 cm³/mol. The minimum absolute atomic E-state index is 0.118. The summed E-state index contributed by atoms with van der Waals surface area (Å²) in [6.45, 7) is 2.01. The van der Waals surface area contributed by atoms with Crippen molar-refractivity contribution in [1.29, 1.82) is 0 Å². The van der Waals surface area contributed by atoms with Gasteiger partial charge in [-0.2, -0.15) is 0 Å². The third-order valence-electron chi connectivity index (χ3n) is 2.87. The minimum Gasteiger partial charge on any atom is -0.298 e. The maximum Gasteiger partial charge on any atom is 0.242 e. The third kappa shape index (κ3) is 1.66. The van der Waals surface area contributed by atoms with E-state index in [0.29, 0.717) is 12.0 Å². The Morgan fingerprint density at radius 1 is 1.31 bits per heavy atom. The van der Waals surface area contributed by atoms with E-state index >= 15 is 0 Å². The summed E-state index contributed by atoms with van der Waals surface area (Å²) in [5.74, 6) is 0.118. The Bertz CT molecular complexity index is 414. The quantitative estimate of drug-likeness (QED) is 0.706. The summed E-state index contributed by atoms with van der Waals surface area (Å²) in [7, 11) is 1.76. The SMILES string of the molecule is CC1CC(=O)N(C)N1c1ccc(C=O)cc1. The first kappa shape index (κ1) is 10.7. The molecule has 1 atom stereocenters. The molecule has 16 heavy (non-hydrogen) atoms. The zero-order valence-electron chi connectivity index (χ0n) is 9.38. The molecule has 0 bridgehead atoms. The van der Waals surface area contributed by atoms with E-state index in [1.807, 2.05) is 24.1 Å². The summed E-state index contributed by atoms with van der Waals surface area (Å²) in [4.78, 5) is 22.1. The number of hydrogen-bond acceptors (Lipinski definition) is 3. The van der Waals surface area contributed by atoms with Gasteiger partial charge in [0.15, 0.2) is 0 Å². The lowest BCUT2D eigenvalue weighted by Crippen LogP contribution is -2.38. The van der Waals surface area contributed by atoms with Crippen molar-refractivity contribution in [3.05, 3.63) is 29.8 Å². The van der Waals surface area contributed by atoms with E-state index in [9.17, 15) is 9.59 Å². The summed E-state index contributed by atoms with van der Waals surface area (Å²) in [5, 5.41) is 3.57. The number of carbonyl (C=O) groups is 2. The largest absolute Gasteiger partial charge is 0.298 e. The first-order chi connectivity index (χ1) is 7.63. The lowest BCUT2D eigenvalue weighted by Gasteiger charge is -2.29. The van der Waals surface area contributed by atoms with Gasteiger partial charge < -0.3 is 0 Å². The molecule has 1 unspecified atom stereocenters. The van der Waals surface area contributed by atoms with Crippen molar-refractivity contribution in [1.82, 2.24) is 5.01 Å². The van der Waals surface area contributed by atoms with E-state index in [0.717, 1.165) is 12.0 Å². The van der Waals surface area contributed by atoms with Crippen molar-refractivity contribution in [3.8, 4) is 0 Å². The molecule has 0 aromatic heterocycles. The van der Waals surface area contributed by atoms with Crippen molar-refractivity contribution >= 4 is 17.9 Å². The van der Waals surface area contributed by atoms with Crippen LogP contribution in [0.15, 0.2) is 24.3 Å². The van der Waals surface area contributed by atoms with Gasteiger partial charge in [0.2, 0.25) is 5.91 Å². The Labute approximate surface area is 94.4 Å². The van der Waals surface area contributed by atoms with Crippen LogP contribution in [0.25, 0.3) is 0 Å². The molecule has 0 saturated carbocycles. The monoisotopic (exact) mass is 218 g/mol. The van der Waals surface area contributed by atoms with Crippen molar-refractivity contribution < 1.29 is 9.59 Å². The number of hydrogen-bond donors (Lipinski definition) is 0. The van der Waals surface area contributed by atoms with Crippen LogP contribution in [0.4, 0.5) is 5.69 Å². The average molecular weight is 218 g/mol.